The summed E-state index contributed by atoms with van der Waals surface area (Å²) in [5.41, 5.74) is 2.78. The molecule has 0 fully saturated rings. The molecule has 3 rings (SSSR count). The molecular weight excluding hydrogens is 254 g/mol. The highest BCUT2D eigenvalue weighted by atomic mass is 35.5. The number of hydrogen-bond acceptors (Lipinski definition) is 5. The Morgan fingerprint density at radius 3 is 2.83 bits per heavy atom. The van der Waals surface area contributed by atoms with E-state index >= 15 is 0 Å². The molecule has 0 atom stereocenters. The molecule has 0 saturated carbocycles. The summed E-state index contributed by atoms with van der Waals surface area (Å²) < 4.78 is 1.71. The number of fused-ring (bicyclic) bond motifs is 1. The molecule has 0 aromatic carbocycles. The van der Waals surface area contributed by atoms with Crippen LogP contribution >= 0.6 is 11.6 Å². The van der Waals surface area contributed by atoms with Gasteiger partial charge in [0.15, 0.2) is 11.3 Å². The standard InChI is InChI=1S/C10H10ClN7/c1-12-9-8-7(13-10(11)14-9)6(15-16-8)5-3-4-18(2)17-5/h3-4H,1-2H3,(H,15,16)(H,12,13,14). The Bertz CT molecular complexity index is 714. The van der Waals surface area contributed by atoms with Gasteiger partial charge in [0.05, 0.1) is 0 Å². The van der Waals surface area contributed by atoms with E-state index in [-0.39, 0.29) is 5.28 Å². The van der Waals surface area contributed by atoms with Crippen LogP contribution in [0.25, 0.3) is 22.4 Å². The van der Waals surface area contributed by atoms with Gasteiger partial charge in [0.2, 0.25) is 5.28 Å². The Kier molecular flexibility index (Phi) is 2.41. The maximum absolute atomic E-state index is 5.89. The first-order valence-corrected chi connectivity index (χ1v) is 5.66. The fraction of sp³-hybridized carbons (Fsp3) is 0.200. The zero-order chi connectivity index (χ0) is 12.7. The number of nitrogens with zero attached hydrogens (tertiary/aromatic N) is 5. The van der Waals surface area contributed by atoms with E-state index in [4.69, 9.17) is 11.6 Å². The number of aryl methyl sites for hydroxylation is 1. The number of hydrogen-bond donors (Lipinski definition) is 2. The topological polar surface area (TPSA) is 84.3 Å². The van der Waals surface area contributed by atoms with Gasteiger partial charge >= 0.3 is 0 Å². The lowest BCUT2D eigenvalue weighted by atomic mass is 10.2. The van der Waals surface area contributed by atoms with Crippen molar-refractivity contribution in [3.8, 4) is 11.4 Å². The summed E-state index contributed by atoms with van der Waals surface area (Å²) in [4.78, 5) is 8.27. The normalized spacial score (nSPS) is 11.1. The van der Waals surface area contributed by atoms with Gasteiger partial charge in [-0.15, -0.1) is 0 Å². The van der Waals surface area contributed by atoms with Crippen LogP contribution in [0.5, 0.6) is 0 Å². The number of aromatic amines is 1. The van der Waals surface area contributed by atoms with Gasteiger partial charge in [-0.25, -0.2) is 4.98 Å². The molecule has 0 aliphatic heterocycles. The molecule has 0 unspecified atom stereocenters. The third kappa shape index (κ3) is 1.60. The Morgan fingerprint density at radius 1 is 1.33 bits per heavy atom. The van der Waals surface area contributed by atoms with Gasteiger partial charge in [0.25, 0.3) is 0 Å². The average molecular weight is 264 g/mol. The minimum atomic E-state index is 0.172. The van der Waals surface area contributed by atoms with Crippen LogP contribution in [0.15, 0.2) is 12.3 Å². The second-order valence-corrected chi connectivity index (χ2v) is 4.10. The molecule has 92 valence electrons. The van der Waals surface area contributed by atoms with Crippen molar-refractivity contribution in [3.05, 3.63) is 17.5 Å². The van der Waals surface area contributed by atoms with E-state index in [0.29, 0.717) is 16.9 Å². The summed E-state index contributed by atoms with van der Waals surface area (Å²) in [6, 6.07) is 1.88. The van der Waals surface area contributed by atoms with Crippen molar-refractivity contribution >= 4 is 28.5 Å². The lowest BCUT2D eigenvalue weighted by molar-refractivity contribution is 0.770. The fourth-order valence-electron chi connectivity index (χ4n) is 1.77. The largest absolute Gasteiger partial charge is 0.371 e. The van der Waals surface area contributed by atoms with Crippen LogP contribution < -0.4 is 5.32 Å². The van der Waals surface area contributed by atoms with Crippen molar-refractivity contribution in [2.45, 2.75) is 0 Å². The highest BCUT2D eigenvalue weighted by molar-refractivity contribution is 6.29. The number of rotatable bonds is 2. The monoisotopic (exact) mass is 263 g/mol. The van der Waals surface area contributed by atoms with Gasteiger partial charge < -0.3 is 5.32 Å². The molecule has 18 heavy (non-hydrogen) atoms. The SMILES string of the molecule is CNc1nc(Cl)nc2c(-c3ccn(C)n3)[nH]nc12. The third-order valence-electron chi connectivity index (χ3n) is 2.58. The van der Waals surface area contributed by atoms with Gasteiger partial charge in [0.1, 0.15) is 16.9 Å². The van der Waals surface area contributed by atoms with E-state index < -0.39 is 0 Å². The second-order valence-electron chi connectivity index (χ2n) is 3.76. The zero-order valence-electron chi connectivity index (χ0n) is 9.77. The summed E-state index contributed by atoms with van der Waals surface area (Å²) in [6.07, 6.45) is 1.85. The minimum Gasteiger partial charge on any atom is -0.371 e. The van der Waals surface area contributed by atoms with E-state index in [1.54, 1.807) is 11.7 Å². The first-order chi connectivity index (χ1) is 8.69. The highest BCUT2D eigenvalue weighted by Gasteiger charge is 2.16. The smallest absolute Gasteiger partial charge is 0.225 e. The number of H-pyrrole nitrogens is 1. The van der Waals surface area contributed by atoms with Gasteiger partial charge in [-0.05, 0) is 17.7 Å². The number of nitrogens with one attached hydrogen (secondary N) is 2. The predicted molar refractivity (Wildman–Crippen MR) is 68.4 cm³/mol. The molecule has 8 heteroatoms. The van der Waals surface area contributed by atoms with E-state index in [0.717, 1.165) is 11.4 Å². The van der Waals surface area contributed by atoms with Crippen molar-refractivity contribution in [2.24, 2.45) is 7.05 Å². The van der Waals surface area contributed by atoms with Crippen molar-refractivity contribution < 1.29 is 0 Å². The zero-order valence-corrected chi connectivity index (χ0v) is 10.5. The Labute approximate surface area is 107 Å². The van der Waals surface area contributed by atoms with Crippen LogP contribution in [0.2, 0.25) is 5.28 Å². The number of halogens is 1. The molecule has 3 aromatic heterocycles. The van der Waals surface area contributed by atoms with E-state index in [1.807, 2.05) is 19.3 Å². The third-order valence-corrected chi connectivity index (χ3v) is 2.75. The van der Waals surface area contributed by atoms with Crippen LogP contribution in [0.3, 0.4) is 0 Å². The van der Waals surface area contributed by atoms with E-state index in [9.17, 15) is 0 Å². The minimum absolute atomic E-state index is 0.172. The Morgan fingerprint density at radius 2 is 2.17 bits per heavy atom. The Balaban J connectivity index is 2.28. The van der Waals surface area contributed by atoms with Crippen molar-refractivity contribution in [1.82, 2.24) is 29.9 Å². The van der Waals surface area contributed by atoms with Crippen molar-refractivity contribution in [1.29, 1.82) is 0 Å². The van der Waals surface area contributed by atoms with E-state index in [1.165, 1.54) is 0 Å². The van der Waals surface area contributed by atoms with Gasteiger partial charge in [-0.2, -0.15) is 15.2 Å². The molecule has 0 amide bonds. The average Bonchev–Trinajstić information content (AvgIpc) is 2.93. The molecule has 0 aliphatic carbocycles. The fourth-order valence-corrected chi connectivity index (χ4v) is 1.94. The van der Waals surface area contributed by atoms with E-state index in [2.05, 4.69) is 30.6 Å². The van der Waals surface area contributed by atoms with Gasteiger partial charge in [0, 0.05) is 20.3 Å². The molecule has 3 heterocycles. The first-order valence-electron chi connectivity index (χ1n) is 5.28. The van der Waals surface area contributed by atoms with Gasteiger partial charge in [-0.3, -0.25) is 9.78 Å². The van der Waals surface area contributed by atoms with Gasteiger partial charge in [-0.1, -0.05) is 0 Å². The molecular formula is C10H10ClN7. The summed E-state index contributed by atoms with van der Waals surface area (Å²) in [6.45, 7) is 0. The van der Waals surface area contributed by atoms with Crippen LogP contribution in [0, 0.1) is 0 Å². The molecule has 0 aliphatic rings. The quantitative estimate of drug-likeness (QED) is 0.684. The number of aromatic nitrogens is 6. The Hall–Kier alpha value is -2.15. The molecule has 7 nitrogen and oxygen atoms in total. The van der Waals surface area contributed by atoms with Crippen LogP contribution in [-0.4, -0.2) is 37.0 Å². The summed E-state index contributed by atoms with van der Waals surface area (Å²) >= 11 is 5.89. The summed E-state index contributed by atoms with van der Waals surface area (Å²) in [5, 5.41) is 14.5. The maximum atomic E-state index is 5.89. The molecule has 0 spiro atoms. The summed E-state index contributed by atoms with van der Waals surface area (Å²) in [7, 11) is 3.61. The van der Waals surface area contributed by atoms with Crippen LogP contribution in [-0.2, 0) is 7.05 Å². The maximum Gasteiger partial charge on any atom is 0.225 e. The lowest BCUT2D eigenvalue weighted by Gasteiger charge is -2.00. The van der Waals surface area contributed by atoms with Crippen molar-refractivity contribution in [3.63, 3.8) is 0 Å². The van der Waals surface area contributed by atoms with Crippen LogP contribution in [0.1, 0.15) is 0 Å². The van der Waals surface area contributed by atoms with Crippen molar-refractivity contribution in [2.75, 3.05) is 12.4 Å². The summed E-state index contributed by atoms with van der Waals surface area (Å²) in [5.74, 6) is 0.587. The molecule has 0 radical (unpaired) electrons. The molecule has 3 aromatic rings. The van der Waals surface area contributed by atoms with Crippen LogP contribution in [0.4, 0.5) is 5.82 Å². The molecule has 0 saturated heterocycles. The predicted octanol–water partition coefficient (Wildman–Crippen LogP) is 1.45. The second kappa shape index (κ2) is 3.95. The number of anilines is 1. The lowest BCUT2D eigenvalue weighted by Crippen LogP contribution is -1.96. The first kappa shape index (κ1) is 11.0. The molecule has 2 N–H and O–H groups in total. The molecule has 0 bridgehead atoms. The highest BCUT2D eigenvalue weighted by Crippen LogP contribution is 2.27.